The van der Waals surface area contributed by atoms with Crippen molar-refractivity contribution in [1.29, 1.82) is 0 Å². The predicted octanol–water partition coefficient (Wildman–Crippen LogP) is 3.75. The van der Waals surface area contributed by atoms with E-state index in [1.807, 2.05) is 0 Å². The van der Waals surface area contributed by atoms with Crippen LogP contribution in [0, 0.1) is 11.8 Å². The summed E-state index contributed by atoms with van der Waals surface area (Å²) in [6.45, 7) is 12.9. The summed E-state index contributed by atoms with van der Waals surface area (Å²) >= 11 is 2.14. The molecular weight excluding hydrogens is 264 g/mol. The Bertz CT molecular complexity index is 306. The minimum absolute atomic E-state index is 0.312. The van der Waals surface area contributed by atoms with Crippen molar-refractivity contribution >= 4 is 11.8 Å². The van der Waals surface area contributed by atoms with Crippen molar-refractivity contribution in [2.24, 2.45) is 17.6 Å². The van der Waals surface area contributed by atoms with E-state index >= 15 is 0 Å². The topological polar surface area (TPSA) is 29.3 Å². The molecular formula is C17H34N2S. The highest BCUT2D eigenvalue weighted by Gasteiger charge is 2.41. The summed E-state index contributed by atoms with van der Waals surface area (Å²) in [7, 11) is 0. The molecule has 2 N–H and O–H groups in total. The molecule has 2 aliphatic rings. The van der Waals surface area contributed by atoms with Crippen molar-refractivity contribution < 1.29 is 0 Å². The fraction of sp³-hybridized carbons (Fsp3) is 1.00. The molecule has 0 aromatic carbocycles. The Morgan fingerprint density at radius 3 is 2.35 bits per heavy atom. The van der Waals surface area contributed by atoms with Crippen LogP contribution in [0.2, 0.25) is 0 Å². The maximum absolute atomic E-state index is 6.26. The molecule has 2 fully saturated rings. The summed E-state index contributed by atoms with van der Waals surface area (Å²) in [6.07, 6.45) is 6.69. The molecule has 2 nitrogen and oxygen atoms in total. The summed E-state index contributed by atoms with van der Waals surface area (Å²) in [4.78, 5) is 2.76. The van der Waals surface area contributed by atoms with Gasteiger partial charge in [0.15, 0.2) is 0 Å². The molecule has 3 heteroatoms. The molecule has 0 bridgehead atoms. The van der Waals surface area contributed by atoms with Gasteiger partial charge in [-0.3, -0.25) is 4.90 Å². The van der Waals surface area contributed by atoms with Gasteiger partial charge in [0.1, 0.15) is 0 Å². The summed E-state index contributed by atoms with van der Waals surface area (Å²) in [6, 6.07) is 0. The van der Waals surface area contributed by atoms with Crippen molar-refractivity contribution in [3.05, 3.63) is 0 Å². The van der Waals surface area contributed by atoms with Crippen LogP contribution in [0.15, 0.2) is 0 Å². The van der Waals surface area contributed by atoms with Gasteiger partial charge in [0.2, 0.25) is 0 Å². The lowest BCUT2D eigenvalue weighted by Gasteiger charge is -2.48. The summed E-state index contributed by atoms with van der Waals surface area (Å²) in [5.74, 6) is 3.03. The van der Waals surface area contributed by atoms with Gasteiger partial charge in [-0.05, 0) is 43.9 Å². The van der Waals surface area contributed by atoms with Crippen LogP contribution in [-0.2, 0) is 0 Å². The SMILES string of the molecule is CC(C)C1CCC(CN)(N2CCSC(C)(C)CC2)CC1. The average molecular weight is 299 g/mol. The lowest BCUT2D eigenvalue weighted by molar-refractivity contribution is 0.0388. The zero-order valence-corrected chi connectivity index (χ0v) is 14.8. The highest BCUT2D eigenvalue weighted by Crippen LogP contribution is 2.41. The molecule has 0 unspecified atom stereocenters. The van der Waals surface area contributed by atoms with Crippen LogP contribution in [0.3, 0.4) is 0 Å². The number of nitrogens with zero attached hydrogens (tertiary/aromatic N) is 1. The second-order valence-electron chi connectivity index (χ2n) is 7.86. The second-order valence-corrected chi connectivity index (χ2v) is 9.66. The molecule has 20 heavy (non-hydrogen) atoms. The van der Waals surface area contributed by atoms with Gasteiger partial charge >= 0.3 is 0 Å². The highest BCUT2D eigenvalue weighted by atomic mass is 32.2. The highest BCUT2D eigenvalue weighted by molar-refractivity contribution is 8.00. The van der Waals surface area contributed by atoms with Crippen LogP contribution < -0.4 is 5.73 Å². The van der Waals surface area contributed by atoms with Gasteiger partial charge in [-0.2, -0.15) is 11.8 Å². The molecule has 0 aromatic heterocycles. The molecule has 0 radical (unpaired) electrons. The van der Waals surface area contributed by atoms with E-state index in [-0.39, 0.29) is 0 Å². The molecule has 2 rings (SSSR count). The van der Waals surface area contributed by atoms with Crippen LogP contribution >= 0.6 is 11.8 Å². The van der Waals surface area contributed by atoms with Crippen molar-refractivity contribution in [2.75, 3.05) is 25.4 Å². The number of hydrogen-bond acceptors (Lipinski definition) is 3. The normalized spacial score (nSPS) is 36.0. The number of thioether (sulfide) groups is 1. The van der Waals surface area contributed by atoms with Crippen LogP contribution in [0.5, 0.6) is 0 Å². The van der Waals surface area contributed by atoms with Crippen molar-refractivity contribution in [2.45, 2.75) is 70.1 Å². The van der Waals surface area contributed by atoms with E-state index in [4.69, 9.17) is 5.73 Å². The van der Waals surface area contributed by atoms with Gasteiger partial charge in [-0.15, -0.1) is 0 Å². The van der Waals surface area contributed by atoms with E-state index in [1.54, 1.807) is 0 Å². The Morgan fingerprint density at radius 1 is 1.15 bits per heavy atom. The standard InChI is InChI=1S/C17H34N2S/c1-14(2)15-5-7-17(13-18,8-6-15)19-10-9-16(3,4)20-12-11-19/h14-15H,5-13,18H2,1-4H3. The Hall–Kier alpha value is 0.270. The smallest absolute Gasteiger partial charge is 0.0332 e. The molecule has 1 aliphatic heterocycles. The third-order valence-corrected chi connectivity index (χ3v) is 7.16. The van der Waals surface area contributed by atoms with Gasteiger partial charge in [0, 0.05) is 35.7 Å². The van der Waals surface area contributed by atoms with Crippen LogP contribution in [0.1, 0.15) is 59.8 Å². The third-order valence-electron chi connectivity index (χ3n) is 5.79. The molecule has 0 atom stereocenters. The van der Waals surface area contributed by atoms with E-state index in [0.717, 1.165) is 18.4 Å². The third kappa shape index (κ3) is 3.72. The Morgan fingerprint density at radius 2 is 1.80 bits per heavy atom. The Balaban J connectivity index is 2.01. The minimum atomic E-state index is 0.312. The first-order chi connectivity index (χ1) is 9.38. The van der Waals surface area contributed by atoms with E-state index in [2.05, 4.69) is 44.4 Å². The lowest BCUT2D eigenvalue weighted by atomic mass is 9.72. The fourth-order valence-corrected chi connectivity index (χ4v) is 5.09. The molecule has 1 saturated heterocycles. The summed E-state index contributed by atoms with van der Waals surface area (Å²) in [5.41, 5.74) is 6.57. The summed E-state index contributed by atoms with van der Waals surface area (Å²) in [5, 5.41) is 0. The molecule has 0 aromatic rings. The van der Waals surface area contributed by atoms with Gasteiger partial charge in [-0.25, -0.2) is 0 Å². The van der Waals surface area contributed by atoms with Gasteiger partial charge in [0.05, 0.1) is 0 Å². The van der Waals surface area contributed by atoms with E-state index < -0.39 is 0 Å². The largest absolute Gasteiger partial charge is 0.329 e. The van der Waals surface area contributed by atoms with Crippen LogP contribution in [0.4, 0.5) is 0 Å². The minimum Gasteiger partial charge on any atom is -0.329 e. The molecule has 1 heterocycles. The zero-order chi connectivity index (χ0) is 14.8. The summed E-state index contributed by atoms with van der Waals surface area (Å²) < 4.78 is 0.444. The first-order valence-corrected chi connectivity index (χ1v) is 9.46. The van der Waals surface area contributed by atoms with E-state index in [0.29, 0.717) is 10.3 Å². The molecule has 1 saturated carbocycles. The quantitative estimate of drug-likeness (QED) is 0.860. The number of rotatable bonds is 3. The second kappa shape index (κ2) is 6.58. The van der Waals surface area contributed by atoms with Crippen molar-refractivity contribution in [1.82, 2.24) is 4.90 Å². The Labute approximate surface area is 130 Å². The van der Waals surface area contributed by atoms with Crippen LogP contribution in [0.25, 0.3) is 0 Å². The first-order valence-electron chi connectivity index (χ1n) is 8.48. The number of nitrogens with two attached hydrogens (primary N) is 1. The van der Waals surface area contributed by atoms with Crippen molar-refractivity contribution in [3.63, 3.8) is 0 Å². The Kier molecular flexibility index (Phi) is 5.47. The van der Waals surface area contributed by atoms with Crippen LogP contribution in [-0.4, -0.2) is 40.6 Å². The fourth-order valence-electron chi connectivity index (χ4n) is 3.99. The molecule has 1 aliphatic carbocycles. The van der Waals surface area contributed by atoms with E-state index in [9.17, 15) is 0 Å². The van der Waals surface area contributed by atoms with Gasteiger partial charge in [0.25, 0.3) is 0 Å². The number of hydrogen-bond donors (Lipinski definition) is 1. The molecule has 0 spiro atoms. The monoisotopic (exact) mass is 298 g/mol. The predicted molar refractivity (Wildman–Crippen MR) is 91.3 cm³/mol. The zero-order valence-electron chi connectivity index (χ0n) is 14.0. The van der Waals surface area contributed by atoms with Gasteiger partial charge < -0.3 is 5.73 Å². The lowest BCUT2D eigenvalue weighted by Crippen LogP contribution is -2.56. The molecule has 118 valence electrons. The average Bonchev–Trinajstić information content (AvgIpc) is 2.60. The van der Waals surface area contributed by atoms with Crippen molar-refractivity contribution in [3.8, 4) is 0 Å². The maximum atomic E-state index is 6.26. The molecule has 0 amide bonds. The van der Waals surface area contributed by atoms with Gasteiger partial charge in [-0.1, -0.05) is 27.7 Å². The van der Waals surface area contributed by atoms with E-state index in [1.165, 1.54) is 50.9 Å². The first kappa shape index (κ1) is 16.6. The maximum Gasteiger partial charge on any atom is 0.0332 e.